The topological polar surface area (TPSA) is 75.7 Å². The Balaban J connectivity index is 0.000000621. The lowest BCUT2D eigenvalue weighted by Crippen LogP contribution is -2.12. The van der Waals surface area contributed by atoms with E-state index >= 15 is 0 Å². The molecule has 1 aliphatic carbocycles. The third kappa shape index (κ3) is 10.9. The predicted molar refractivity (Wildman–Crippen MR) is 145 cm³/mol. The van der Waals surface area contributed by atoms with Gasteiger partial charge in [-0.3, -0.25) is 9.79 Å². The molecule has 0 spiro atoms. The molecular formula is C29H48N2O2. The summed E-state index contributed by atoms with van der Waals surface area (Å²) in [6.45, 7) is 22.2. The van der Waals surface area contributed by atoms with Crippen molar-refractivity contribution in [2.24, 2.45) is 22.6 Å². The SMILES string of the molecule is C=C(O)/C(N)=C1/C(=NCC(C)=O)CCC1C.C=C/C=C(\C(C)=C(C)C)C(CCC)CCCC. The molecular weight excluding hydrogens is 408 g/mol. The summed E-state index contributed by atoms with van der Waals surface area (Å²) in [4.78, 5) is 15.1. The fraction of sp³-hybridized carbons (Fsp3) is 0.586. The van der Waals surface area contributed by atoms with Gasteiger partial charge in [0.15, 0.2) is 5.78 Å². The zero-order valence-corrected chi connectivity index (χ0v) is 22.3. The minimum Gasteiger partial charge on any atom is -0.506 e. The van der Waals surface area contributed by atoms with Gasteiger partial charge >= 0.3 is 0 Å². The molecule has 0 aromatic carbocycles. The zero-order valence-electron chi connectivity index (χ0n) is 22.3. The Kier molecular flexibility index (Phi) is 15.1. The minimum absolute atomic E-state index is 0.0211. The minimum atomic E-state index is -0.126. The van der Waals surface area contributed by atoms with Gasteiger partial charge in [0.05, 0.1) is 12.2 Å². The summed E-state index contributed by atoms with van der Waals surface area (Å²) in [6.07, 6.45) is 12.4. The average molecular weight is 457 g/mol. The van der Waals surface area contributed by atoms with E-state index in [1.54, 1.807) is 0 Å². The molecule has 1 fully saturated rings. The van der Waals surface area contributed by atoms with Crippen molar-refractivity contribution in [1.29, 1.82) is 0 Å². The third-order valence-corrected chi connectivity index (χ3v) is 6.18. The Bertz CT molecular complexity index is 792. The Labute approximate surface area is 203 Å². The fourth-order valence-electron chi connectivity index (χ4n) is 4.10. The number of aliphatic imine (C=N–C) groups is 1. The normalized spacial score (nSPS) is 19.4. The number of nitrogens with two attached hydrogens (primary N) is 1. The highest BCUT2D eigenvalue weighted by Gasteiger charge is 2.26. The van der Waals surface area contributed by atoms with Gasteiger partial charge in [0.2, 0.25) is 0 Å². The summed E-state index contributed by atoms with van der Waals surface area (Å²) in [5.41, 5.74) is 12.1. The molecule has 0 saturated heterocycles. The van der Waals surface area contributed by atoms with Crippen LogP contribution in [0.25, 0.3) is 0 Å². The highest BCUT2D eigenvalue weighted by molar-refractivity contribution is 6.04. The lowest BCUT2D eigenvalue weighted by molar-refractivity contribution is -0.115. The van der Waals surface area contributed by atoms with Gasteiger partial charge in [-0.15, -0.1) is 0 Å². The van der Waals surface area contributed by atoms with Crippen LogP contribution in [0, 0.1) is 11.8 Å². The van der Waals surface area contributed by atoms with E-state index in [-0.39, 0.29) is 24.0 Å². The van der Waals surface area contributed by atoms with E-state index in [0.29, 0.717) is 11.6 Å². The van der Waals surface area contributed by atoms with Crippen LogP contribution in [0.4, 0.5) is 0 Å². The van der Waals surface area contributed by atoms with Crippen LogP contribution in [0.5, 0.6) is 0 Å². The van der Waals surface area contributed by atoms with Gasteiger partial charge in [0.25, 0.3) is 0 Å². The molecule has 0 aliphatic heterocycles. The first-order valence-corrected chi connectivity index (χ1v) is 12.4. The van der Waals surface area contributed by atoms with E-state index in [9.17, 15) is 9.90 Å². The molecule has 0 heterocycles. The molecule has 0 aromatic heterocycles. The summed E-state index contributed by atoms with van der Waals surface area (Å²) in [6, 6.07) is 0. The van der Waals surface area contributed by atoms with Gasteiger partial charge in [-0.25, -0.2) is 0 Å². The molecule has 0 amide bonds. The van der Waals surface area contributed by atoms with Gasteiger partial charge in [0.1, 0.15) is 5.76 Å². The quantitative estimate of drug-likeness (QED) is 0.246. The third-order valence-electron chi connectivity index (χ3n) is 6.18. The second kappa shape index (κ2) is 16.3. The van der Waals surface area contributed by atoms with E-state index < -0.39 is 0 Å². The summed E-state index contributed by atoms with van der Waals surface area (Å²) in [5.74, 6) is 0.870. The smallest absolute Gasteiger partial charge is 0.151 e. The fourth-order valence-corrected chi connectivity index (χ4v) is 4.10. The number of carbonyl (C=O) groups excluding carboxylic acids is 1. The second-order valence-corrected chi connectivity index (χ2v) is 9.29. The highest BCUT2D eigenvalue weighted by Crippen LogP contribution is 2.31. The standard InChI is InChI=1S/C17H30.C12H18N2O2/c1-7-10-13-16(11-8-2)17(12-9-3)15(6)14(4)5;1-7-4-5-10(14-6-8(2)15)11(7)12(13)9(3)16/h9,12,16H,3,7-8,10-11,13H2,1-2,4-6H3;7,16H,3-6,13H2,1-2H3/b17-12+;12-11-,14-10?. The number of nitrogens with zero attached hydrogens (tertiary/aromatic N) is 1. The molecule has 1 aliphatic rings. The first-order chi connectivity index (χ1) is 15.5. The molecule has 186 valence electrons. The van der Waals surface area contributed by atoms with Crippen LogP contribution in [0.2, 0.25) is 0 Å². The molecule has 0 radical (unpaired) electrons. The average Bonchev–Trinajstić information content (AvgIpc) is 3.13. The maximum Gasteiger partial charge on any atom is 0.151 e. The van der Waals surface area contributed by atoms with Crippen molar-refractivity contribution >= 4 is 11.5 Å². The largest absolute Gasteiger partial charge is 0.506 e. The van der Waals surface area contributed by atoms with Crippen molar-refractivity contribution in [2.45, 2.75) is 93.4 Å². The monoisotopic (exact) mass is 456 g/mol. The molecule has 0 aromatic rings. The number of hydrogen-bond donors (Lipinski definition) is 2. The maximum absolute atomic E-state index is 10.9. The number of allylic oxidation sites excluding steroid dienone is 6. The summed E-state index contributed by atoms with van der Waals surface area (Å²) in [5, 5.41) is 9.30. The van der Waals surface area contributed by atoms with Crippen LogP contribution in [0.1, 0.15) is 93.4 Å². The number of aliphatic hydroxyl groups is 1. The lowest BCUT2D eigenvalue weighted by Gasteiger charge is -2.21. The predicted octanol–water partition coefficient (Wildman–Crippen LogP) is 7.79. The van der Waals surface area contributed by atoms with Crippen molar-refractivity contribution in [3.63, 3.8) is 0 Å². The molecule has 2 atom stereocenters. The van der Waals surface area contributed by atoms with Crippen molar-refractivity contribution < 1.29 is 9.90 Å². The molecule has 0 bridgehead atoms. The number of hydrogen-bond acceptors (Lipinski definition) is 4. The van der Waals surface area contributed by atoms with Crippen molar-refractivity contribution in [2.75, 3.05) is 6.54 Å². The first kappa shape index (κ1) is 30.6. The van der Waals surface area contributed by atoms with Crippen LogP contribution < -0.4 is 5.73 Å². The van der Waals surface area contributed by atoms with Gasteiger partial charge in [-0.1, -0.05) is 70.9 Å². The van der Waals surface area contributed by atoms with Gasteiger partial charge < -0.3 is 10.8 Å². The molecule has 2 unspecified atom stereocenters. The number of Topliss-reactive ketones (excluding diaryl/α,β-unsaturated/α-hetero) is 1. The van der Waals surface area contributed by atoms with Crippen molar-refractivity contribution in [1.82, 2.24) is 0 Å². The van der Waals surface area contributed by atoms with E-state index in [1.807, 2.05) is 13.0 Å². The van der Waals surface area contributed by atoms with Crippen molar-refractivity contribution in [3.8, 4) is 0 Å². The molecule has 1 rings (SSSR count). The van der Waals surface area contributed by atoms with E-state index in [4.69, 9.17) is 5.73 Å². The number of aliphatic hydroxyl groups excluding tert-OH is 1. The van der Waals surface area contributed by atoms with E-state index in [1.165, 1.54) is 55.7 Å². The van der Waals surface area contributed by atoms with Gasteiger partial charge in [0, 0.05) is 11.3 Å². The van der Waals surface area contributed by atoms with Crippen LogP contribution in [0.15, 0.2) is 64.1 Å². The number of unbranched alkanes of at least 4 members (excludes halogenated alkanes) is 1. The van der Waals surface area contributed by atoms with Crippen LogP contribution in [-0.4, -0.2) is 23.1 Å². The Morgan fingerprint density at radius 2 is 1.85 bits per heavy atom. The highest BCUT2D eigenvalue weighted by atomic mass is 16.3. The Morgan fingerprint density at radius 3 is 2.30 bits per heavy atom. The molecule has 1 saturated carbocycles. The summed E-state index contributed by atoms with van der Waals surface area (Å²) >= 11 is 0. The van der Waals surface area contributed by atoms with Crippen molar-refractivity contribution in [3.05, 3.63) is 59.1 Å². The van der Waals surface area contributed by atoms with Crippen LogP contribution >= 0.6 is 0 Å². The van der Waals surface area contributed by atoms with E-state index in [2.05, 4.69) is 58.8 Å². The van der Waals surface area contributed by atoms with E-state index in [0.717, 1.165) is 24.1 Å². The second-order valence-electron chi connectivity index (χ2n) is 9.29. The first-order valence-electron chi connectivity index (χ1n) is 12.4. The van der Waals surface area contributed by atoms with Gasteiger partial charge in [-0.05, 0) is 76.4 Å². The lowest BCUT2D eigenvalue weighted by atomic mass is 9.84. The molecule has 4 heteroatoms. The summed E-state index contributed by atoms with van der Waals surface area (Å²) in [7, 11) is 0. The molecule has 4 nitrogen and oxygen atoms in total. The molecule has 33 heavy (non-hydrogen) atoms. The van der Waals surface area contributed by atoms with Crippen LogP contribution in [-0.2, 0) is 4.79 Å². The maximum atomic E-state index is 10.9. The van der Waals surface area contributed by atoms with Crippen LogP contribution in [0.3, 0.4) is 0 Å². The Hall–Kier alpha value is -2.36. The zero-order chi connectivity index (χ0) is 25.6. The van der Waals surface area contributed by atoms with Gasteiger partial charge in [-0.2, -0.15) is 0 Å². The Morgan fingerprint density at radius 1 is 1.21 bits per heavy atom. The molecule has 3 N–H and O–H groups in total. The number of ketones is 1. The number of carbonyl (C=O) groups is 1. The summed E-state index contributed by atoms with van der Waals surface area (Å²) < 4.78 is 0. The number of rotatable bonds is 11.